The molecule has 1 amide bonds. The van der Waals surface area contributed by atoms with E-state index >= 15 is 0 Å². The molecule has 0 aliphatic heterocycles. The van der Waals surface area contributed by atoms with Gasteiger partial charge in [-0.15, -0.1) is 11.3 Å². The fraction of sp³-hybridized carbons (Fsp3) is 0.294. The summed E-state index contributed by atoms with van der Waals surface area (Å²) in [7, 11) is 3.89. The number of hydrogen-bond donors (Lipinski definition) is 1. The van der Waals surface area contributed by atoms with Crippen LogP contribution < -0.4 is 10.2 Å². The number of benzene rings is 1. The third kappa shape index (κ3) is 4.10. The summed E-state index contributed by atoms with van der Waals surface area (Å²) in [4.78, 5) is 26.6. The maximum absolute atomic E-state index is 12.3. The molecule has 0 aliphatic carbocycles. The molecule has 0 unspecified atom stereocenters. The van der Waals surface area contributed by atoms with Gasteiger partial charge >= 0.3 is 5.97 Å². The standard InChI is InChI=1S/C17H20N2O3S/c1-5-22-17(21)15-11(2)10-14(23-15)18-16(20)12-6-8-13(9-7-12)19(3)4/h6-10H,5H2,1-4H3,(H,18,20). The minimum absolute atomic E-state index is 0.202. The van der Waals surface area contributed by atoms with E-state index in [0.717, 1.165) is 11.3 Å². The van der Waals surface area contributed by atoms with Gasteiger partial charge in [0.15, 0.2) is 0 Å². The van der Waals surface area contributed by atoms with Crippen molar-refractivity contribution in [2.75, 3.05) is 30.9 Å². The molecule has 1 N–H and O–H groups in total. The lowest BCUT2D eigenvalue weighted by Gasteiger charge is -2.12. The van der Waals surface area contributed by atoms with Gasteiger partial charge < -0.3 is 15.0 Å². The number of carbonyl (C=O) groups is 2. The number of amides is 1. The molecule has 5 nitrogen and oxygen atoms in total. The van der Waals surface area contributed by atoms with Crippen molar-refractivity contribution in [1.82, 2.24) is 0 Å². The van der Waals surface area contributed by atoms with Gasteiger partial charge in [0.25, 0.3) is 5.91 Å². The second-order valence-corrected chi connectivity index (χ2v) is 6.29. The number of aryl methyl sites for hydroxylation is 1. The van der Waals surface area contributed by atoms with Crippen LogP contribution in [0.5, 0.6) is 0 Å². The van der Waals surface area contributed by atoms with E-state index in [1.807, 2.05) is 38.1 Å². The van der Waals surface area contributed by atoms with E-state index < -0.39 is 0 Å². The highest BCUT2D eigenvalue weighted by Gasteiger charge is 2.16. The van der Waals surface area contributed by atoms with Crippen molar-refractivity contribution in [3.8, 4) is 0 Å². The Morgan fingerprint density at radius 2 is 1.87 bits per heavy atom. The molecule has 1 heterocycles. The zero-order valence-electron chi connectivity index (χ0n) is 13.7. The molecule has 1 aromatic heterocycles. The second-order valence-electron chi connectivity index (χ2n) is 5.24. The number of nitrogens with zero attached hydrogens (tertiary/aromatic N) is 1. The van der Waals surface area contributed by atoms with Crippen LogP contribution in [-0.2, 0) is 4.74 Å². The monoisotopic (exact) mass is 332 g/mol. The van der Waals surface area contributed by atoms with Crippen LogP contribution in [0.4, 0.5) is 10.7 Å². The normalized spacial score (nSPS) is 10.3. The SMILES string of the molecule is CCOC(=O)c1sc(NC(=O)c2ccc(N(C)C)cc2)cc1C. The van der Waals surface area contributed by atoms with E-state index in [1.54, 1.807) is 25.1 Å². The number of anilines is 2. The van der Waals surface area contributed by atoms with Gasteiger partial charge in [0.1, 0.15) is 4.88 Å². The van der Waals surface area contributed by atoms with Crippen molar-refractivity contribution in [3.05, 3.63) is 46.3 Å². The van der Waals surface area contributed by atoms with Gasteiger partial charge in [-0.3, -0.25) is 4.79 Å². The maximum atomic E-state index is 12.3. The van der Waals surface area contributed by atoms with Crippen molar-refractivity contribution in [3.63, 3.8) is 0 Å². The van der Waals surface area contributed by atoms with E-state index in [2.05, 4.69) is 5.32 Å². The number of thiophene rings is 1. The molecule has 0 atom stereocenters. The number of rotatable bonds is 5. The van der Waals surface area contributed by atoms with Gasteiger partial charge in [-0.05, 0) is 49.7 Å². The molecule has 0 fully saturated rings. The highest BCUT2D eigenvalue weighted by molar-refractivity contribution is 7.18. The Morgan fingerprint density at radius 1 is 1.22 bits per heavy atom. The van der Waals surface area contributed by atoms with Gasteiger partial charge in [-0.25, -0.2) is 4.79 Å². The fourth-order valence-electron chi connectivity index (χ4n) is 2.04. The van der Waals surface area contributed by atoms with Crippen LogP contribution in [-0.4, -0.2) is 32.6 Å². The Hall–Kier alpha value is -2.34. The number of carbonyl (C=O) groups excluding carboxylic acids is 2. The minimum Gasteiger partial charge on any atom is -0.462 e. The van der Waals surface area contributed by atoms with Crippen LogP contribution in [0.2, 0.25) is 0 Å². The number of hydrogen-bond acceptors (Lipinski definition) is 5. The first-order valence-electron chi connectivity index (χ1n) is 7.28. The summed E-state index contributed by atoms with van der Waals surface area (Å²) in [6.45, 7) is 3.92. The second kappa shape index (κ2) is 7.28. The van der Waals surface area contributed by atoms with Crippen molar-refractivity contribution in [2.24, 2.45) is 0 Å². The van der Waals surface area contributed by atoms with Gasteiger partial charge in [0.05, 0.1) is 11.6 Å². The molecule has 0 saturated carbocycles. The average molecular weight is 332 g/mol. The van der Waals surface area contributed by atoms with Gasteiger partial charge in [0.2, 0.25) is 0 Å². The molecule has 122 valence electrons. The average Bonchev–Trinajstić information content (AvgIpc) is 2.88. The molecule has 6 heteroatoms. The van der Waals surface area contributed by atoms with Crippen LogP contribution in [0.3, 0.4) is 0 Å². The molecule has 0 radical (unpaired) electrons. The van der Waals surface area contributed by atoms with E-state index in [0.29, 0.717) is 22.0 Å². The van der Waals surface area contributed by atoms with Crippen LogP contribution in [0.25, 0.3) is 0 Å². The Morgan fingerprint density at radius 3 is 2.43 bits per heavy atom. The van der Waals surface area contributed by atoms with E-state index in [9.17, 15) is 9.59 Å². The van der Waals surface area contributed by atoms with Crippen LogP contribution in [0, 0.1) is 6.92 Å². The summed E-state index contributed by atoms with van der Waals surface area (Å²) in [5, 5.41) is 3.46. The van der Waals surface area contributed by atoms with Gasteiger partial charge in [0, 0.05) is 25.3 Å². The quantitative estimate of drug-likeness (QED) is 0.851. The Balaban J connectivity index is 2.11. The zero-order valence-corrected chi connectivity index (χ0v) is 14.5. The molecule has 0 saturated heterocycles. The first-order chi connectivity index (χ1) is 10.9. The molecular formula is C17H20N2O3S. The van der Waals surface area contributed by atoms with E-state index in [1.165, 1.54) is 11.3 Å². The smallest absolute Gasteiger partial charge is 0.348 e. The van der Waals surface area contributed by atoms with Crippen molar-refractivity contribution >= 4 is 33.9 Å². The number of nitrogens with one attached hydrogen (secondary N) is 1. The molecule has 2 rings (SSSR count). The fourth-order valence-corrected chi connectivity index (χ4v) is 3.00. The van der Waals surface area contributed by atoms with Crippen molar-refractivity contribution in [2.45, 2.75) is 13.8 Å². The topological polar surface area (TPSA) is 58.6 Å². The predicted octanol–water partition coefficient (Wildman–Crippen LogP) is 3.55. The zero-order chi connectivity index (χ0) is 17.0. The predicted molar refractivity (Wildman–Crippen MR) is 93.7 cm³/mol. The highest BCUT2D eigenvalue weighted by Crippen LogP contribution is 2.28. The van der Waals surface area contributed by atoms with Crippen molar-refractivity contribution < 1.29 is 14.3 Å². The molecule has 0 aliphatic rings. The molecule has 23 heavy (non-hydrogen) atoms. The summed E-state index contributed by atoms with van der Waals surface area (Å²) in [6, 6.07) is 9.11. The molecule has 0 spiro atoms. The lowest BCUT2D eigenvalue weighted by molar-refractivity contribution is 0.0531. The summed E-state index contributed by atoms with van der Waals surface area (Å²) < 4.78 is 5.00. The number of esters is 1. The Labute approximate surface area is 139 Å². The lowest BCUT2D eigenvalue weighted by Crippen LogP contribution is -2.12. The Kier molecular flexibility index (Phi) is 5.39. The van der Waals surface area contributed by atoms with Gasteiger partial charge in [-0.1, -0.05) is 0 Å². The minimum atomic E-state index is -0.356. The lowest BCUT2D eigenvalue weighted by atomic mass is 10.2. The van der Waals surface area contributed by atoms with Crippen LogP contribution >= 0.6 is 11.3 Å². The van der Waals surface area contributed by atoms with Gasteiger partial charge in [-0.2, -0.15) is 0 Å². The summed E-state index contributed by atoms with van der Waals surface area (Å²) in [5.41, 5.74) is 2.39. The summed E-state index contributed by atoms with van der Waals surface area (Å²) >= 11 is 1.22. The van der Waals surface area contributed by atoms with E-state index in [-0.39, 0.29) is 11.9 Å². The molecular weight excluding hydrogens is 312 g/mol. The van der Waals surface area contributed by atoms with Crippen molar-refractivity contribution in [1.29, 1.82) is 0 Å². The third-order valence-electron chi connectivity index (χ3n) is 3.26. The van der Waals surface area contributed by atoms with Crippen LogP contribution in [0.1, 0.15) is 32.5 Å². The third-order valence-corrected chi connectivity index (χ3v) is 4.39. The highest BCUT2D eigenvalue weighted by atomic mass is 32.1. The number of ether oxygens (including phenoxy) is 1. The summed E-state index contributed by atoms with van der Waals surface area (Å²) in [6.07, 6.45) is 0. The van der Waals surface area contributed by atoms with E-state index in [4.69, 9.17) is 4.74 Å². The maximum Gasteiger partial charge on any atom is 0.348 e. The largest absolute Gasteiger partial charge is 0.462 e. The first kappa shape index (κ1) is 17.0. The van der Waals surface area contributed by atoms with Crippen LogP contribution in [0.15, 0.2) is 30.3 Å². The first-order valence-corrected chi connectivity index (χ1v) is 8.10. The Bertz CT molecular complexity index is 705. The molecule has 0 bridgehead atoms. The molecule has 2 aromatic rings. The summed E-state index contributed by atoms with van der Waals surface area (Å²) in [5.74, 6) is -0.558. The molecule has 1 aromatic carbocycles.